The summed E-state index contributed by atoms with van der Waals surface area (Å²) in [6.07, 6.45) is 0.455. The quantitative estimate of drug-likeness (QED) is 0.602. The van der Waals surface area contributed by atoms with Crippen LogP contribution in [0, 0.1) is 32.1 Å². The molecule has 0 unspecified atom stereocenters. The van der Waals surface area contributed by atoms with Gasteiger partial charge in [-0.2, -0.15) is 5.26 Å². The molecule has 0 bridgehead atoms. The van der Waals surface area contributed by atoms with Gasteiger partial charge in [-0.1, -0.05) is 18.2 Å². The third-order valence-corrected chi connectivity index (χ3v) is 9.13. The molecule has 0 aromatic heterocycles. The van der Waals surface area contributed by atoms with Crippen LogP contribution in [0.2, 0.25) is 0 Å². The molecule has 0 radical (unpaired) electrons. The van der Waals surface area contributed by atoms with E-state index in [9.17, 15) is 18.5 Å². The smallest absolute Gasteiger partial charge is 0.410 e. The predicted octanol–water partition coefficient (Wildman–Crippen LogP) is 3.81. The number of hydrogen-bond acceptors (Lipinski definition) is 6. The lowest BCUT2D eigenvalue weighted by molar-refractivity contribution is 0.0172. The first-order chi connectivity index (χ1) is 16.6. The number of hydrogen-bond donors (Lipinski definition) is 0. The highest BCUT2D eigenvalue weighted by atomic mass is 32.2. The van der Waals surface area contributed by atoms with Crippen molar-refractivity contribution in [1.29, 1.82) is 5.26 Å². The second-order valence-corrected chi connectivity index (χ2v) is 11.4. The van der Waals surface area contributed by atoms with Crippen molar-refractivity contribution in [2.75, 3.05) is 26.7 Å². The second kappa shape index (κ2) is 9.51. The molecule has 0 atom stereocenters. The van der Waals surface area contributed by atoms with Crippen LogP contribution in [-0.2, 0) is 27.1 Å². The first-order valence-corrected chi connectivity index (χ1v) is 13.3. The fourth-order valence-electron chi connectivity index (χ4n) is 5.03. The van der Waals surface area contributed by atoms with Gasteiger partial charge in [-0.3, -0.25) is 4.90 Å². The molecule has 186 valence electrons. The summed E-state index contributed by atoms with van der Waals surface area (Å²) in [4.78, 5) is 14.2. The van der Waals surface area contributed by atoms with Crippen molar-refractivity contribution in [3.63, 3.8) is 0 Å². The molecule has 2 saturated heterocycles. The number of amides is 1. The molecule has 9 heteroatoms. The number of nitrogens with zero attached hydrogens (tertiary/aromatic N) is 3. The number of methoxy groups -OCH3 is 1. The Balaban J connectivity index is 1.44. The van der Waals surface area contributed by atoms with E-state index >= 15 is 0 Å². The van der Waals surface area contributed by atoms with Crippen molar-refractivity contribution in [1.82, 2.24) is 9.21 Å². The molecular weight excluding hydrogens is 466 g/mol. The van der Waals surface area contributed by atoms with Crippen LogP contribution < -0.4 is 4.74 Å². The number of rotatable bonds is 6. The predicted molar refractivity (Wildman–Crippen MR) is 131 cm³/mol. The number of carbonyl (C=O) groups excluding carboxylic acids is 1. The van der Waals surface area contributed by atoms with Crippen LogP contribution in [0.5, 0.6) is 5.75 Å². The van der Waals surface area contributed by atoms with Crippen LogP contribution in [0.25, 0.3) is 0 Å². The Hall–Kier alpha value is -3.09. The lowest BCUT2D eigenvalue weighted by atomic mass is 9.92. The normalized spacial score (nSPS) is 17.9. The summed E-state index contributed by atoms with van der Waals surface area (Å²) in [7, 11) is -1.93. The van der Waals surface area contributed by atoms with Crippen molar-refractivity contribution in [3.8, 4) is 11.8 Å². The zero-order valence-corrected chi connectivity index (χ0v) is 21.4. The van der Waals surface area contributed by atoms with Gasteiger partial charge < -0.3 is 9.47 Å². The van der Waals surface area contributed by atoms with E-state index in [-0.39, 0.29) is 5.75 Å². The van der Waals surface area contributed by atoms with Gasteiger partial charge in [-0.15, -0.1) is 0 Å². The molecule has 0 N–H and O–H groups in total. The molecule has 2 aromatic rings. The summed E-state index contributed by atoms with van der Waals surface area (Å²) in [5.74, 6) is 0.686. The lowest BCUT2D eigenvalue weighted by Gasteiger charge is -2.36. The number of benzene rings is 2. The molecule has 0 saturated carbocycles. The Labute approximate surface area is 207 Å². The highest BCUT2D eigenvalue weighted by molar-refractivity contribution is 7.88. The van der Waals surface area contributed by atoms with Gasteiger partial charge in [0.15, 0.2) is 0 Å². The van der Waals surface area contributed by atoms with E-state index in [0.29, 0.717) is 44.6 Å². The van der Waals surface area contributed by atoms with Crippen LogP contribution in [0.15, 0.2) is 30.3 Å². The number of sulfonamides is 1. The standard InChI is InChI=1S/C26H31N3O5S/c1-18-13-24(33-4)20(3)19(2)23(18)16-35(31,32)29-11-9-26(10-12-29)17-28(25(30)34-26)15-22-8-6-5-7-21(22)14-27/h5-8,13H,9-12,15-17H2,1-4H3. The highest BCUT2D eigenvalue weighted by Gasteiger charge is 2.48. The molecule has 2 heterocycles. The molecule has 1 amide bonds. The third-order valence-electron chi connectivity index (χ3n) is 7.32. The van der Waals surface area contributed by atoms with Gasteiger partial charge >= 0.3 is 6.09 Å². The van der Waals surface area contributed by atoms with Crippen molar-refractivity contribution in [3.05, 3.63) is 63.7 Å². The molecule has 2 fully saturated rings. The zero-order chi connectivity index (χ0) is 25.4. The van der Waals surface area contributed by atoms with Crippen molar-refractivity contribution in [2.24, 2.45) is 0 Å². The maximum absolute atomic E-state index is 13.3. The first-order valence-electron chi connectivity index (χ1n) is 11.7. The SMILES string of the molecule is COc1cc(C)c(CS(=O)(=O)N2CCC3(CC2)CN(Cc2ccccc2C#N)C(=O)O3)c(C)c1C. The van der Waals surface area contributed by atoms with Gasteiger partial charge in [0, 0.05) is 25.9 Å². The third kappa shape index (κ3) is 4.86. The minimum absolute atomic E-state index is 0.0701. The number of carbonyl (C=O) groups is 1. The van der Waals surface area contributed by atoms with Crippen molar-refractivity contribution < 1.29 is 22.7 Å². The fraction of sp³-hybridized carbons (Fsp3) is 0.462. The Kier molecular flexibility index (Phi) is 6.80. The van der Waals surface area contributed by atoms with Crippen LogP contribution >= 0.6 is 0 Å². The monoisotopic (exact) mass is 497 g/mol. The molecule has 35 heavy (non-hydrogen) atoms. The van der Waals surface area contributed by atoms with E-state index in [4.69, 9.17) is 9.47 Å². The zero-order valence-electron chi connectivity index (χ0n) is 20.6. The molecule has 0 aliphatic carbocycles. The summed E-state index contributed by atoms with van der Waals surface area (Å²) >= 11 is 0. The summed E-state index contributed by atoms with van der Waals surface area (Å²) in [5, 5.41) is 9.33. The summed E-state index contributed by atoms with van der Waals surface area (Å²) < 4.78 is 39.3. The van der Waals surface area contributed by atoms with E-state index < -0.39 is 21.7 Å². The van der Waals surface area contributed by atoms with E-state index in [1.165, 1.54) is 4.31 Å². The molecule has 2 aliphatic heterocycles. The summed E-state index contributed by atoms with van der Waals surface area (Å²) in [6.45, 7) is 7.04. The summed E-state index contributed by atoms with van der Waals surface area (Å²) in [5.41, 5.74) is 4.16. The molecule has 4 rings (SSSR count). The number of nitriles is 1. The summed E-state index contributed by atoms with van der Waals surface area (Å²) in [6, 6.07) is 11.2. The Bertz CT molecular complexity index is 1290. The molecule has 2 aliphatic rings. The van der Waals surface area contributed by atoms with E-state index in [0.717, 1.165) is 33.6 Å². The average Bonchev–Trinajstić information content (AvgIpc) is 3.13. The van der Waals surface area contributed by atoms with Gasteiger partial charge in [0.05, 0.1) is 37.6 Å². The van der Waals surface area contributed by atoms with Crippen LogP contribution in [0.3, 0.4) is 0 Å². The van der Waals surface area contributed by atoms with Crippen LogP contribution in [0.4, 0.5) is 4.79 Å². The maximum atomic E-state index is 13.3. The fourth-order valence-corrected chi connectivity index (χ4v) is 6.76. The molecule has 8 nitrogen and oxygen atoms in total. The van der Waals surface area contributed by atoms with Crippen LogP contribution in [-0.4, -0.2) is 56.1 Å². The number of aryl methyl sites for hydroxylation is 1. The Morgan fingerprint density at radius 3 is 2.49 bits per heavy atom. The van der Waals surface area contributed by atoms with Gasteiger partial charge in [0.1, 0.15) is 11.4 Å². The minimum Gasteiger partial charge on any atom is -0.496 e. The maximum Gasteiger partial charge on any atom is 0.410 e. The second-order valence-electron chi connectivity index (χ2n) is 9.46. The van der Waals surface area contributed by atoms with E-state index in [1.54, 1.807) is 24.1 Å². The molecule has 1 spiro atoms. The van der Waals surface area contributed by atoms with Gasteiger partial charge in [0.25, 0.3) is 0 Å². The van der Waals surface area contributed by atoms with Crippen molar-refractivity contribution >= 4 is 16.1 Å². The van der Waals surface area contributed by atoms with Gasteiger partial charge in [-0.25, -0.2) is 17.5 Å². The largest absolute Gasteiger partial charge is 0.496 e. The first kappa shape index (κ1) is 25.0. The molecule has 2 aromatic carbocycles. The van der Waals surface area contributed by atoms with E-state index in [1.807, 2.05) is 39.0 Å². The lowest BCUT2D eigenvalue weighted by Crippen LogP contribution is -2.49. The van der Waals surface area contributed by atoms with Crippen molar-refractivity contribution in [2.45, 2.75) is 51.5 Å². The highest BCUT2D eigenvalue weighted by Crippen LogP contribution is 2.36. The average molecular weight is 498 g/mol. The molecular formula is C26H31N3O5S. The minimum atomic E-state index is -3.55. The Morgan fingerprint density at radius 2 is 1.83 bits per heavy atom. The Morgan fingerprint density at radius 1 is 1.14 bits per heavy atom. The number of piperidine rings is 1. The van der Waals surface area contributed by atoms with Gasteiger partial charge in [0.2, 0.25) is 10.0 Å². The van der Waals surface area contributed by atoms with E-state index in [2.05, 4.69) is 6.07 Å². The number of ether oxygens (including phenoxy) is 2. The topological polar surface area (TPSA) is 99.9 Å². The van der Waals surface area contributed by atoms with Crippen LogP contribution in [0.1, 0.15) is 46.2 Å². The van der Waals surface area contributed by atoms with Gasteiger partial charge in [-0.05, 0) is 60.7 Å².